The largest absolute Gasteiger partial charge is 0.376 e. The lowest BCUT2D eigenvalue weighted by Gasteiger charge is -2.63. The monoisotopic (exact) mass is 489 g/mol. The molecule has 1 nitrogen and oxygen atoms in total. The molecule has 0 aromatic heterocycles. The second kappa shape index (κ2) is 10.8. The Balaban J connectivity index is 1.51. The van der Waals surface area contributed by atoms with Gasteiger partial charge in [-0.1, -0.05) is 65.3 Å². The second-order valence-corrected chi connectivity index (χ2v) is 14.3. The van der Waals surface area contributed by atoms with Gasteiger partial charge in [0.15, 0.2) is 0 Å². The third kappa shape index (κ3) is 5.00. The van der Waals surface area contributed by atoms with Crippen LogP contribution in [0.1, 0.15) is 111 Å². The molecule has 4 rings (SSSR count). The molecule has 0 radical (unpaired) electrons. The first-order chi connectivity index (χ1) is 17.1. The van der Waals surface area contributed by atoms with Crippen molar-refractivity contribution in [2.45, 2.75) is 111 Å². The van der Waals surface area contributed by atoms with Crippen LogP contribution >= 0.6 is 0 Å². The van der Waals surface area contributed by atoms with Gasteiger partial charge in [0.25, 0.3) is 0 Å². The molecule has 0 aromatic rings. The molecule has 0 spiro atoms. The van der Waals surface area contributed by atoms with Crippen molar-refractivity contribution in [2.24, 2.45) is 45.8 Å². The average Bonchev–Trinajstić information content (AvgIpc) is 2.99. The number of allylic oxidation sites excluding steroid dienone is 2. The Morgan fingerprint density at radius 1 is 0.972 bits per heavy atom. The van der Waals surface area contributed by atoms with Gasteiger partial charge in [0.1, 0.15) is 0 Å². The minimum atomic E-state index is 0.424. The van der Waals surface area contributed by atoms with Gasteiger partial charge in [-0.2, -0.15) is 0 Å². The number of hydrogen-bond acceptors (Lipinski definition) is 1. The molecule has 36 heavy (non-hydrogen) atoms. The van der Waals surface area contributed by atoms with E-state index >= 15 is 0 Å². The molecular weight excluding hydrogens is 434 g/mol. The van der Waals surface area contributed by atoms with E-state index in [2.05, 4.69) is 58.3 Å². The summed E-state index contributed by atoms with van der Waals surface area (Å²) in [6.07, 6.45) is 27.5. The highest BCUT2D eigenvalue weighted by Gasteiger charge is 2.59. The van der Waals surface area contributed by atoms with Crippen LogP contribution in [-0.4, -0.2) is 18.5 Å². The summed E-state index contributed by atoms with van der Waals surface area (Å²) in [5.74, 6) is 7.14. The maximum absolute atomic E-state index is 5.55. The second-order valence-electron chi connectivity index (χ2n) is 14.3. The van der Waals surface area contributed by atoms with Gasteiger partial charge in [-0.05, 0) is 116 Å². The number of likely N-dealkylation sites (N-methyl/N-ethyl adjacent to an activating group) is 1. The van der Waals surface area contributed by atoms with Gasteiger partial charge >= 0.3 is 0 Å². The molecule has 0 aliphatic heterocycles. The van der Waals surface area contributed by atoms with Crippen LogP contribution in [0.5, 0.6) is 0 Å². The molecule has 4 fully saturated rings. The van der Waals surface area contributed by atoms with E-state index in [9.17, 15) is 0 Å². The summed E-state index contributed by atoms with van der Waals surface area (Å²) < 4.78 is 0. The number of rotatable bonds is 7. The molecule has 0 heterocycles. The summed E-state index contributed by atoms with van der Waals surface area (Å²) in [4.78, 5) is 2.29. The Morgan fingerprint density at radius 2 is 1.72 bits per heavy atom. The lowest BCUT2D eigenvalue weighted by molar-refractivity contribution is -0.127. The van der Waals surface area contributed by atoms with Gasteiger partial charge in [0, 0.05) is 26.2 Å². The Labute approximate surface area is 224 Å². The molecule has 0 amide bonds. The minimum absolute atomic E-state index is 0.424. The van der Waals surface area contributed by atoms with E-state index < -0.39 is 0 Å². The summed E-state index contributed by atoms with van der Waals surface area (Å²) in [5.41, 5.74) is 4.14. The first kappa shape index (κ1) is 27.6. The van der Waals surface area contributed by atoms with Gasteiger partial charge in [0.2, 0.25) is 0 Å². The first-order valence-corrected chi connectivity index (χ1v) is 15.2. The fourth-order valence-electron chi connectivity index (χ4n) is 9.88. The van der Waals surface area contributed by atoms with E-state index in [1.165, 1.54) is 82.6 Å². The lowest BCUT2D eigenvalue weighted by Crippen LogP contribution is -2.55. The highest BCUT2D eigenvalue weighted by atomic mass is 15.1. The fraction of sp³-hybridized carbons (Fsp3) is 0.771. The van der Waals surface area contributed by atoms with Crippen LogP contribution in [0.2, 0.25) is 0 Å². The zero-order valence-electron chi connectivity index (χ0n) is 24.4. The number of nitrogens with zero attached hydrogens (tertiary/aromatic N) is 1. The lowest BCUT2D eigenvalue weighted by atomic mass is 9.42. The molecule has 0 bridgehead atoms. The van der Waals surface area contributed by atoms with Gasteiger partial charge in [-0.3, -0.25) is 0 Å². The van der Waals surface area contributed by atoms with Gasteiger partial charge in [0.05, 0.1) is 0 Å². The zero-order chi connectivity index (χ0) is 26.1. The van der Waals surface area contributed by atoms with Gasteiger partial charge in [-0.25, -0.2) is 0 Å². The van der Waals surface area contributed by atoms with Crippen molar-refractivity contribution in [1.82, 2.24) is 4.90 Å². The zero-order valence-corrected chi connectivity index (χ0v) is 24.4. The normalized spacial score (nSPS) is 42.7. The van der Waals surface area contributed by atoms with Crippen molar-refractivity contribution in [1.29, 1.82) is 0 Å². The van der Waals surface area contributed by atoms with E-state index in [-0.39, 0.29) is 0 Å². The summed E-state index contributed by atoms with van der Waals surface area (Å²) in [6.45, 7) is 20.0. The van der Waals surface area contributed by atoms with E-state index in [4.69, 9.17) is 13.0 Å². The standard InChI is InChI=1S/C35H55N/c1-9-13-27(10-2)25-36(8)24-26(4)30-14-12-15-31-29-17-16-28-18-20-33(5,11-3)22-23-34(28,6)32(29)19-21-35(30,31)7/h1,10,25,28-32H,2,4,11-24H2,3,5-8H3/b27-25+/t28?,29?,30?,31?,32?,33-,34?,35?/m1/s1. The topological polar surface area (TPSA) is 3.24 Å². The van der Waals surface area contributed by atoms with Crippen LogP contribution in [0.4, 0.5) is 0 Å². The number of hydrogen-bond donors (Lipinski definition) is 0. The van der Waals surface area contributed by atoms with Crippen molar-refractivity contribution in [3.8, 4) is 12.3 Å². The van der Waals surface area contributed by atoms with Crippen LogP contribution in [0.25, 0.3) is 0 Å². The van der Waals surface area contributed by atoms with Gasteiger partial charge in [-0.15, -0.1) is 12.3 Å². The molecule has 7 unspecified atom stereocenters. The minimum Gasteiger partial charge on any atom is -0.376 e. The fourth-order valence-corrected chi connectivity index (χ4v) is 9.88. The van der Waals surface area contributed by atoms with Crippen molar-refractivity contribution in [3.63, 3.8) is 0 Å². The van der Waals surface area contributed by atoms with Crippen molar-refractivity contribution in [2.75, 3.05) is 13.6 Å². The Kier molecular flexibility index (Phi) is 8.25. The number of terminal acetylenes is 1. The Hall–Kier alpha value is -1.42. The van der Waals surface area contributed by atoms with Crippen LogP contribution in [0, 0.1) is 58.2 Å². The molecule has 0 N–H and O–H groups in total. The third-order valence-electron chi connectivity index (χ3n) is 12.4. The predicted molar refractivity (Wildman–Crippen MR) is 156 cm³/mol. The summed E-state index contributed by atoms with van der Waals surface area (Å²) in [7, 11) is 2.17. The van der Waals surface area contributed by atoms with Gasteiger partial charge < -0.3 is 4.90 Å². The smallest absolute Gasteiger partial charge is 0.0380 e. The molecule has 8 atom stereocenters. The van der Waals surface area contributed by atoms with E-state index in [1.807, 2.05) is 6.08 Å². The van der Waals surface area contributed by atoms with E-state index in [0.717, 1.165) is 35.8 Å². The Morgan fingerprint density at radius 3 is 2.42 bits per heavy atom. The third-order valence-corrected chi connectivity index (χ3v) is 12.4. The van der Waals surface area contributed by atoms with E-state index in [0.29, 0.717) is 28.6 Å². The highest BCUT2D eigenvalue weighted by molar-refractivity contribution is 5.22. The van der Waals surface area contributed by atoms with Crippen LogP contribution < -0.4 is 0 Å². The molecule has 1 heteroatoms. The highest BCUT2D eigenvalue weighted by Crippen LogP contribution is 2.67. The molecular formula is C35H55N. The van der Waals surface area contributed by atoms with Crippen molar-refractivity contribution < 1.29 is 0 Å². The molecule has 0 saturated heterocycles. The first-order valence-electron chi connectivity index (χ1n) is 15.2. The molecule has 200 valence electrons. The number of fused-ring (bicyclic) bond motifs is 5. The molecule has 4 aliphatic carbocycles. The predicted octanol–water partition coefficient (Wildman–Crippen LogP) is 9.42. The quantitative estimate of drug-likeness (QED) is 0.195. The SMILES string of the molecule is C#CC/C(C=C)=C/N(C)CC(=C)C1CCCC2C3CCC4CC[C@@](C)(CC)CCC4(C)C3CCC12C. The maximum Gasteiger partial charge on any atom is 0.0380 e. The summed E-state index contributed by atoms with van der Waals surface area (Å²) in [6, 6.07) is 0. The van der Waals surface area contributed by atoms with Crippen molar-refractivity contribution >= 4 is 0 Å². The summed E-state index contributed by atoms with van der Waals surface area (Å²) >= 11 is 0. The molecule has 0 aromatic carbocycles. The van der Waals surface area contributed by atoms with Crippen LogP contribution in [0.3, 0.4) is 0 Å². The maximum atomic E-state index is 5.55. The summed E-state index contributed by atoms with van der Waals surface area (Å²) in [5, 5.41) is 0. The van der Waals surface area contributed by atoms with E-state index in [1.54, 1.807) is 0 Å². The average molecular weight is 490 g/mol. The van der Waals surface area contributed by atoms with Crippen LogP contribution in [0.15, 0.2) is 36.6 Å². The van der Waals surface area contributed by atoms with Crippen LogP contribution in [-0.2, 0) is 0 Å². The molecule has 4 aliphatic rings. The van der Waals surface area contributed by atoms with Crippen molar-refractivity contribution in [3.05, 3.63) is 36.6 Å². The Bertz CT molecular complexity index is 889. The molecule has 4 saturated carbocycles.